The van der Waals surface area contributed by atoms with Crippen molar-refractivity contribution in [2.45, 2.75) is 44.7 Å². The molecule has 2 N–H and O–H groups in total. The maximum absolute atomic E-state index is 12.7. The molecule has 1 amide bonds. The summed E-state index contributed by atoms with van der Waals surface area (Å²) in [6, 6.07) is 20.0. The van der Waals surface area contributed by atoms with Gasteiger partial charge in [0.2, 0.25) is 0 Å². The van der Waals surface area contributed by atoms with Crippen LogP contribution >= 0.6 is 0 Å². The van der Waals surface area contributed by atoms with Crippen molar-refractivity contribution in [2.75, 3.05) is 17.8 Å². The predicted octanol–water partition coefficient (Wildman–Crippen LogP) is 4.63. The van der Waals surface area contributed by atoms with Crippen LogP contribution in [0.3, 0.4) is 0 Å². The van der Waals surface area contributed by atoms with Crippen LogP contribution in [0.1, 0.15) is 45.5 Å². The van der Waals surface area contributed by atoms with E-state index in [2.05, 4.69) is 39.2 Å². The van der Waals surface area contributed by atoms with Gasteiger partial charge in [-0.05, 0) is 86.8 Å². The summed E-state index contributed by atoms with van der Waals surface area (Å²) < 4.78 is 28.0. The lowest BCUT2D eigenvalue weighted by Gasteiger charge is -2.15. The van der Waals surface area contributed by atoms with Crippen LogP contribution in [0.25, 0.3) is 0 Å². The number of likely N-dealkylation sites (tertiary alicyclic amines) is 1. The van der Waals surface area contributed by atoms with E-state index in [0.29, 0.717) is 23.4 Å². The van der Waals surface area contributed by atoms with Crippen molar-refractivity contribution in [1.82, 2.24) is 10.2 Å². The Kier molecular flexibility index (Phi) is 7.34. The van der Waals surface area contributed by atoms with Crippen LogP contribution in [0, 0.1) is 13.8 Å². The minimum absolute atomic E-state index is 0.197. The van der Waals surface area contributed by atoms with Gasteiger partial charge >= 0.3 is 0 Å². The molecule has 3 aromatic rings. The number of nitrogens with zero attached hydrogens (tertiary/aromatic N) is 1. The fraction of sp³-hybridized carbons (Fsp3) is 0.296. The zero-order valence-electron chi connectivity index (χ0n) is 19.7. The Balaban J connectivity index is 1.34. The first kappa shape index (κ1) is 24.0. The number of nitrogens with one attached hydrogen (secondary N) is 2. The highest BCUT2D eigenvalue weighted by Gasteiger charge is 2.16. The summed E-state index contributed by atoms with van der Waals surface area (Å²) in [5, 5.41) is 2.95. The van der Waals surface area contributed by atoms with Crippen LogP contribution in [-0.4, -0.2) is 32.3 Å². The summed E-state index contributed by atoms with van der Waals surface area (Å²) in [4.78, 5) is 15.3. The van der Waals surface area contributed by atoms with E-state index in [-0.39, 0.29) is 10.8 Å². The molecular formula is C27H31N3O3S. The highest BCUT2D eigenvalue weighted by molar-refractivity contribution is 7.92. The first-order valence-electron chi connectivity index (χ1n) is 11.6. The molecule has 0 unspecified atom stereocenters. The Morgan fingerprint density at radius 3 is 2.18 bits per heavy atom. The van der Waals surface area contributed by atoms with Gasteiger partial charge in [0.15, 0.2) is 0 Å². The van der Waals surface area contributed by atoms with Gasteiger partial charge in [0, 0.05) is 18.7 Å². The highest BCUT2D eigenvalue weighted by atomic mass is 32.2. The molecule has 6 nitrogen and oxygen atoms in total. The number of carbonyl (C=O) groups is 1. The molecule has 34 heavy (non-hydrogen) atoms. The minimum Gasteiger partial charge on any atom is -0.348 e. The first-order chi connectivity index (χ1) is 16.3. The molecule has 1 fully saturated rings. The summed E-state index contributed by atoms with van der Waals surface area (Å²) in [7, 11) is -3.70. The number of aryl methyl sites for hydroxylation is 2. The standard InChI is InChI=1S/C27H31N3O3S/c1-20-5-12-25(13-6-20)34(32,33)29-26-14-11-24(17-21(26)2)27(31)28-18-22-7-9-23(10-8-22)19-30-15-3-4-16-30/h5-14,17,29H,3-4,15-16,18-19H2,1-2H3,(H,28,31). The minimum atomic E-state index is -3.70. The van der Waals surface area contributed by atoms with Crippen molar-refractivity contribution in [1.29, 1.82) is 0 Å². The molecule has 1 aliphatic heterocycles. The monoisotopic (exact) mass is 477 g/mol. The number of carbonyl (C=O) groups excluding carboxylic acids is 1. The lowest BCUT2D eigenvalue weighted by atomic mass is 10.1. The third kappa shape index (κ3) is 6.04. The van der Waals surface area contributed by atoms with Crippen LogP contribution in [-0.2, 0) is 23.1 Å². The van der Waals surface area contributed by atoms with Crippen molar-refractivity contribution < 1.29 is 13.2 Å². The topological polar surface area (TPSA) is 78.5 Å². The van der Waals surface area contributed by atoms with Gasteiger partial charge in [0.05, 0.1) is 10.6 Å². The molecule has 3 aromatic carbocycles. The van der Waals surface area contributed by atoms with Gasteiger partial charge < -0.3 is 5.32 Å². The van der Waals surface area contributed by atoms with Crippen LogP contribution < -0.4 is 10.0 Å². The SMILES string of the molecule is Cc1ccc(S(=O)(=O)Nc2ccc(C(=O)NCc3ccc(CN4CCCC4)cc3)cc2C)cc1. The Labute approximate surface area is 202 Å². The predicted molar refractivity (Wildman–Crippen MR) is 135 cm³/mol. The second-order valence-electron chi connectivity index (χ2n) is 8.93. The summed E-state index contributed by atoms with van der Waals surface area (Å²) in [6.07, 6.45) is 2.56. The van der Waals surface area contributed by atoms with E-state index < -0.39 is 10.0 Å². The molecule has 178 valence electrons. The van der Waals surface area contributed by atoms with Gasteiger partial charge in [-0.15, -0.1) is 0 Å². The second kappa shape index (κ2) is 10.4. The molecule has 1 aliphatic rings. The fourth-order valence-corrected chi connectivity index (χ4v) is 5.22. The van der Waals surface area contributed by atoms with Gasteiger partial charge in [-0.25, -0.2) is 8.42 Å². The van der Waals surface area contributed by atoms with Gasteiger partial charge in [-0.2, -0.15) is 0 Å². The number of amides is 1. The van der Waals surface area contributed by atoms with Crippen LogP contribution in [0.2, 0.25) is 0 Å². The van der Waals surface area contributed by atoms with E-state index in [4.69, 9.17) is 0 Å². The maximum atomic E-state index is 12.7. The molecule has 0 saturated carbocycles. The quantitative estimate of drug-likeness (QED) is 0.496. The second-order valence-corrected chi connectivity index (χ2v) is 10.6. The smallest absolute Gasteiger partial charge is 0.261 e. The number of hydrogen-bond donors (Lipinski definition) is 2. The third-order valence-corrected chi connectivity index (χ3v) is 7.53. The van der Waals surface area contributed by atoms with E-state index in [9.17, 15) is 13.2 Å². The van der Waals surface area contributed by atoms with E-state index in [1.54, 1.807) is 49.4 Å². The summed E-state index contributed by atoms with van der Waals surface area (Å²) in [5.41, 5.74) is 4.93. The highest BCUT2D eigenvalue weighted by Crippen LogP contribution is 2.21. The maximum Gasteiger partial charge on any atom is 0.261 e. The number of anilines is 1. The zero-order valence-corrected chi connectivity index (χ0v) is 20.5. The molecule has 0 radical (unpaired) electrons. The molecule has 0 atom stereocenters. The first-order valence-corrected chi connectivity index (χ1v) is 13.1. The van der Waals surface area contributed by atoms with E-state index in [1.165, 1.54) is 31.5 Å². The lowest BCUT2D eigenvalue weighted by Crippen LogP contribution is -2.23. The molecular weight excluding hydrogens is 446 g/mol. The number of hydrogen-bond acceptors (Lipinski definition) is 4. The van der Waals surface area contributed by atoms with Crippen LogP contribution in [0.15, 0.2) is 71.6 Å². The van der Waals surface area contributed by atoms with Crippen molar-refractivity contribution in [3.05, 3.63) is 94.5 Å². The number of benzene rings is 3. The van der Waals surface area contributed by atoms with Crippen molar-refractivity contribution in [2.24, 2.45) is 0 Å². The largest absolute Gasteiger partial charge is 0.348 e. The van der Waals surface area contributed by atoms with E-state index in [1.807, 2.05) is 6.92 Å². The molecule has 1 heterocycles. The van der Waals surface area contributed by atoms with Gasteiger partial charge in [0.1, 0.15) is 0 Å². The van der Waals surface area contributed by atoms with Crippen molar-refractivity contribution in [3.63, 3.8) is 0 Å². The normalized spacial score (nSPS) is 14.2. The van der Waals surface area contributed by atoms with Gasteiger partial charge in [-0.1, -0.05) is 42.0 Å². The molecule has 0 spiro atoms. The summed E-state index contributed by atoms with van der Waals surface area (Å²) in [5.74, 6) is -0.197. The van der Waals surface area contributed by atoms with Crippen LogP contribution in [0.5, 0.6) is 0 Å². The average Bonchev–Trinajstić information content (AvgIpc) is 3.33. The van der Waals surface area contributed by atoms with Crippen LogP contribution in [0.4, 0.5) is 5.69 Å². The molecule has 0 bridgehead atoms. The molecule has 1 saturated heterocycles. The molecule has 7 heteroatoms. The number of rotatable bonds is 8. The molecule has 0 aromatic heterocycles. The van der Waals surface area contributed by atoms with Crippen molar-refractivity contribution in [3.8, 4) is 0 Å². The number of sulfonamides is 1. The Morgan fingerprint density at radius 2 is 1.53 bits per heavy atom. The third-order valence-electron chi connectivity index (χ3n) is 6.15. The summed E-state index contributed by atoms with van der Waals surface area (Å²) in [6.45, 7) is 7.44. The van der Waals surface area contributed by atoms with Gasteiger partial charge in [0.25, 0.3) is 15.9 Å². The Morgan fingerprint density at radius 1 is 0.882 bits per heavy atom. The lowest BCUT2D eigenvalue weighted by molar-refractivity contribution is 0.0951. The molecule has 0 aliphatic carbocycles. The Bertz CT molecular complexity index is 1250. The van der Waals surface area contributed by atoms with E-state index >= 15 is 0 Å². The fourth-order valence-electron chi connectivity index (χ4n) is 4.09. The Hall–Kier alpha value is -3.16. The molecule has 4 rings (SSSR count). The van der Waals surface area contributed by atoms with Gasteiger partial charge in [-0.3, -0.25) is 14.4 Å². The summed E-state index contributed by atoms with van der Waals surface area (Å²) >= 11 is 0. The average molecular weight is 478 g/mol. The van der Waals surface area contributed by atoms with E-state index in [0.717, 1.165) is 17.7 Å². The van der Waals surface area contributed by atoms with Crippen molar-refractivity contribution >= 4 is 21.6 Å². The zero-order chi connectivity index (χ0) is 24.1.